The lowest BCUT2D eigenvalue weighted by atomic mass is 10.0. The Hall–Kier alpha value is -2.35. The molecule has 0 saturated carbocycles. The molecule has 2 nitrogen and oxygen atoms in total. The maximum Gasteiger partial charge on any atom is 0.0709 e. The average Bonchev–Trinajstić information content (AvgIpc) is 2.86. The van der Waals surface area contributed by atoms with Crippen molar-refractivity contribution in [2.24, 2.45) is 0 Å². The summed E-state index contributed by atoms with van der Waals surface area (Å²) < 4.78 is 0. The van der Waals surface area contributed by atoms with E-state index < -0.39 is 0 Å². The Labute approximate surface area is 97.9 Å². The molecular formula is C15H10N2. The standard InChI is InChI=1S/C15H10N2/c1-2-12-13(16-8-1)6-5-10-3-4-11-7-9-17-15(11)14(10)12/h1-9,17H. The molecule has 0 fully saturated rings. The minimum absolute atomic E-state index is 1.04. The molecule has 2 aromatic carbocycles. The van der Waals surface area contributed by atoms with Gasteiger partial charge in [-0.25, -0.2) is 0 Å². The monoisotopic (exact) mass is 218 g/mol. The van der Waals surface area contributed by atoms with Crippen LogP contribution in [0.25, 0.3) is 32.6 Å². The molecule has 0 spiro atoms. The average molecular weight is 218 g/mol. The third-order valence-electron chi connectivity index (χ3n) is 3.29. The van der Waals surface area contributed by atoms with E-state index in [1.165, 1.54) is 27.1 Å². The van der Waals surface area contributed by atoms with Crippen LogP contribution in [-0.4, -0.2) is 9.97 Å². The summed E-state index contributed by atoms with van der Waals surface area (Å²) in [5.41, 5.74) is 2.24. The highest BCUT2D eigenvalue weighted by Gasteiger charge is 2.05. The number of nitrogens with zero attached hydrogens (tertiary/aromatic N) is 1. The molecule has 2 aromatic heterocycles. The van der Waals surface area contributed by atoms with Gasteiger partial charge in [-0.15, -0.1) is 0 Å². The molecule has 0 unspecified atom stereocenters. The van der Waals surface area contributed by atoms with Crippen LogP contribution in [-0.2, 0) is 0 Å². The fourth-order valence-corrected chi connectivity index (χ4v) is 2.50. The van der Waals surface area contributed by atoms with Crippen LogP contribution in [0, 0.1) is 0 Å². The third kappa shape index (κ3) is 1.12. The first-order valence-corrected chi connectivity index (χ1v) is 5.67. The summed E-state index contributed by atoms with van der Waals surface area (Å²) >= 11 is 0. The van der Waals surface area contributed by atoms with Crippen molar-refractivity contribution in [3.63, 3.8) is 0 Å². The first-order chi connectivity index (χ1) is 8.43. The van der Waals surface area contributed by atoms with Crippen LogP contribution in [0.15, 0.2) is 54.9 Å². The number of benzene rings is 2. The summed E-state index contributed by atoms with van der Waals surface area (Å²) in [7, 11) is 0. The van der Waals surface area contributed by atoms with E-state index >= 15 is 0 Å². The van der Waals surface area contributed by atoms with Gasteiger partial charge < -0.3 is 4.98 Å². The van der Waals surface area contributed by atoms with Gasteiger partial charge in [-0.2, -0.15) is 0 Å². The lowest BCUT2D eigenvalue weighted by Gasteiger charge is -2.04. The second-order valence-corrected chi connectivity index (χ2v) is 4.24. The van der Waals surface area contributed by atoms with Crippen LogP contribution in [0.4, 0.5) is 0 Å². The third-order valence-corrected chi connectivity index (χ3v) is 3.29. The zero-order chi connectivity index (χ0) is 11.2. The molecule has 80 valence electrons. The normalized spacial score (nSPS) is 11.5. The van der Waals surface area contributed by atoms with Gasteiger partial charge in [-0.1, -0.05) is 24.3 Å². The fourth-order valence-electron chi connectivity index (χ4n) is 2.50. The Bertz CT molecular complexity index is 843. The maximum absolute atomic E-state index is 4.41. The van der Waals surface area contributed by atoms with Crippen LogP contribution in [0.1, 0.15) is 0 Å². The molecule has 2 heteroatoms. The Kier molecular flexibility index (Phi) is 1.59. The molecular weight excluding hydrogens is 208 g/mol. The molecule has 0 aliphatic carbocycles. The van der Waals surface area contributed by atoms with Crippen molar-refractivity contribution in [1.82, 2.24) is 9.97 Å². The number of aromatic amines is 1. The first-order valence-electron chi connectivity index (χ1n) is 5.67. The topological polar surface area (TPSA) is 28.7 Å². The summed E-state index contributed by atoms with van der Waals surface area (Å²) in [4.78, 5) is 7.74. The SMILES string of the molecule is c1cnc2ccc3ccc4cc[nH]c4c3c2c1. The molecule has 0 radical (unpaired) electrons. The van der Waals surface area contributed by atoms with Crippen molar-refractivity contribution in [1.29, 1.82) is 0 Å². The van der Waals surface area contributed by atoms with Gasteiger partial charge in [0.2, 0.25) is 0 Å². The van der Waals surface area contributed by atoms with E-state index in [9.17, 15) is 0 Å². The summed E-state index contributed by atoms with van der Waals surface area (Å²) in [6.45, 7) is 0. The minimum Gasteiger partial charge on any atom is -0.361 e. The van der Waals surface area contributed by atoms with E-state index in [4.69, 9.17) is 0 Å². The summed E-state index contributed by atoms with van der Waals surface area (Å²) in [5, 5.41) is 4.96. The number of rotatable bonds is 0. The number of H-pyrrole nitrogens is 1. The van der Waals surface area contributed by atoms with Gasteiger partial charge in [0.25, 0.3) is 0 Å². The van der Waals surface area contributed by atoms with E-state index in [-0.39, 0.29) is 0 Å². The molecule has 2 heterocycles. The highest BCUT2D eigenvalue weighted by Crippen LogP contribution is 2.30. The molecule has 0 atom stereocenters. The smallest absolute Gasteiger partial charge is 0.0709 e. The molecule has 0 bridgehead atoms. The first kappa shape index (κ1) is 8.76. The van der Waals surface area contributed by atoms with Gasteiger partial charge in [0, 0.05) is 28.6 Å². The minimum atomic E-state index is 1.04. The van der Waals surface area contributed by atoms with Crippen LogP contribution in [0.3, 0.4) is 0 Å². The molecule has 4 aromatic rings. The van der Waals surface area contributed by atoms with Crippen molar-refractivity contribution >= 4 is 32.6 Å². The molecule has 4 rings (SSSR count). The zero-order valence-corrected chi connectivity index (χ0v) is 9.14. The molecule has 0 aliphatic heterocycles. The zero-order valence-electron chi connectivity index (χ0n) is 9.14. The van der Waals surface area contributed by atoms with Gasteiger partial charge in [0.05, 0.1) is 11.0 Å². The second-order valence-electron chi connectivity index (χ2n) is 4.24. The number of pyridine rings is 1. The Balaban J connectivity index is 2.41. The van der Waals surface area contributed by atoms with Crippen LogP contribution >= 0.6 is 0 Å². The van der Waals surface area contributed by atoms with Crippen LogP contribution < -0.4 is 0 Å². The fraction of sp³-hybridized carbons (Fsp3) is 0. The van der Waals surface area contributed by atoms with Gasteiger partial charge in [0.15, 0.2) is 0 Å². The van der Waals surface area contributed by atoms with E-state index in [0.29, 0.717) is 0 Å². The Morgan fingerprint density at radius 3 is 2.76 bits per heavy atom. The largest absolute Gasteiger partial charge is 0.361 e. The van der Waals surface area contributed by atoms with Gasteiger partial charge >= 0.3 is 0 Å². The number of hydrogen-bond acceptors (Lipinski definition) is 1. The van der Waals surface area contributed by atoms with Crippen molar-refractivity contribution < 1.29 is 0 Å². The van der Waals surface area contributed by atoms with E-state index in [1.54, 1.807) is 0 Å². The van der Waals surface area contributed by atoms with Gasteiger partial charge in [0.1, 0.15) is 0 Å². The summed E-state index contributed by atoms with van der Waals surface area (Å²) in [6.07, 6.45) is 3.82. The quantitative estimate of drug-likeness (QED) is 0.446. The second kappa shape index (κ2) is 3.08. The van der Waals surface area contributed by atoms with Gasteiger partial charge in [-0.05, 0) is 23.6 Å². The maximum atomic E-state index is 4.41. The van der Waals surface area contributed by atoms with E-state index in [2.05, 4.69) is 46.4 Å². The highest BCUT2D eigenvalue weighted by atomic mass is 14.7. The predicted octanol–water partition coefficient (Wildman–Crippen LogP) is 3.87. The molecule has 0 amide bonds. The highest BCUT2D eigenvalue weighted by molar-refractivity contribution is 6.18. The summed E-state index contributed by atoms with van der Waals surface area (Å²) in [5.74, 6) is 0. The number of hydrogen-bond donors (Lipinski definition) is 1. The molecule has 17 heavy (non-hydrogen) atoms. The van der Waals surface area contributed by atoms with Crippen LogP contribution in [0.2, 0.25) is 0 Å². The van der Waals surface area contributed by atoms with Crippen molar-refractivity contribution in [3.05, 3.63) is 54.9 Å². The Morgan fingerprint density at radius 1 is 0.882 bits per heavy atom. The van der Waals surface area contributed by atoms with Gasteiger partial charge in [-0.3, -0.25) is 4.98 Å². The lowest BCUT2D eigenvalue weighted by molar-refractivity contribution is 1.42. The number of fused-ring (bicyclic) bond motifs is 5. The van der Waals surface area contributed by atoms with Crippen molar-refractivity contribution in [2.45, 2.75) is 0 Å². The van der Waals surface area contributed by atoms with Crippen molar-refractivity contribution in [3.8, 4) is 0 Å². The number of nitrogens with one attached hydrogen (secondary N) is 1. The molecule has 1 N–H and O–H groups in total. The van der Waals surface area contributed by atoms with Crippen LogP contribution in [0.5, 0.6) is 0 Å². The predicted molar refractivity (Wildman–Crippen MR) is 71.1 cm³/mol. The van der Waals surface area contributed by atoms with E-state index in [1.807, 2.05) is 18.5 Å². The lowest BCUT2D eigenvalue weighted by Crippen LogP contribution is -1.81. The van der Waals surface area contributed by atoms with E-state index in [0.717, 1.165) is 5.52 Å². The van der Waals surface area contributed by atoms with Crippen molar-refractivity contribution in [2.75, 3.05) is 0 Å². The number of aromatic nitrogens is 2. The molecule has 0 aliphatic rings. The Morgan fingerprint density at radius 2 is 1.76 bits per heavy atom. The summed E-state index contributed by atoms with van der Waals surface area (Å²) in [6, 6.07) is 14.7. The molecule has 0 saturated heterocycles.